The Balaban J connectivity index is 1.23. The molecule has 2 amide bonds. The first kappa shape index (κ1) is 22.5. The van der Waals surface area contributed by atoms with Gasteiger partial charge in [-0.25, -0.2) is 4.79 Å². The zero-order valence-electron chi connectivity index (χ0n) is 19.8. The first-order chi connectivity index (χ1) is 17.2. The normalized spacial score (nSPS) is 13.5. The molecule has 0 spiro atoms. The van der Waals surface area contributed by atoms with Crippen LogP contribution in [0, 0.1) is 0 Å². The number of hydrogen-bond acceptors (Lipinski definition) is 6. The van der Waals surface area contributed by atoms with Gasteiger partial charge in [0.25, 0.3) is 0 Å². The van der Waals surface area contributed by atoms with Crippen LogP contribution in [0.1, 0.15) is 0 Å². The highest BCUT2D eigenvalue weighted by Gasteiger charge is 2.23. The number of rotatable bonds is 5. The number of hydrogen-bond donors (Lipinski definition) is 1. The fraction of sp³-hybridized carbons (Fsp3) is 0.222. The van der Waals surface area contributed by atoms with Crippen molar-refractivity contribution >= 4 is 28.3 Å². The van der Waals surface area contributed by atoms with Gasteiger partial charge >= 0.3 is 6.03 Å². The molecule has 0 atom stereocenters. The van der Waals surface area contributed by atoms with Crippen LogP contribution < -0.4 is 19.7 Å². The third kappa shape index (κ3) is 4.68. The molecule has 1 N–H and O–H groups in total. The molecule has 1 aromatic heterocycles. The topological polar surface area (TPSA) is 79.8 Å². The molecule has 35 heavy (non-hydrogen) atoms. The highest BCUT2D eigenvalue weighted by Crippen LogP contribution is 2.30. The van der Waals surface area contributed by atoms with Crippen LogP contribution in [0.25, 0.3) is 22.0 Å². The zero-order valence-corrected chi connectivity index (χ0v) is 19.8. The van der Waals surface area contributed by atoms with Crippen molar-refractivity contribution in [1.29, 1.82) is 0 Å². The quantitative estimate of drug-likeness (QED) is 0.458. The van der Waals surface area contributed by atoms with Crippen molar-refractivity contribution in [3.05, 3.63) is 72.8 Å². The highest BCUT2D eigenvalue weighted by molar-refractivity contribution is 5.95. The molecule has 2 heterocycles. The van der Waals surface area contributed by atoms with Gasteiger partial charge in [0.05, 0.1) is 25.6 Å². The van der Waals surface area contributed by atoms with Crippen LogP contribution in [0.4, 0.5) is 16.3 Å². The number of fused-ring (bicyclic) bond motifs is 1. The molecule has 0 bridgehead atoms. The van der Waals surface area contributed by atoms with Crippen LogP contribution in [0.15, 0.2) is 72.8 Å². The minimum atomic E-state index is -0.173. The summed E-state index contributed by atoms with van der Waals surface area (Å²) in [5, 5.41) is 14.3. The molecular weight excluding hydrogens is 442 g/mol. The fourth-order valence-corrected chi connectivity index (χ4v) is 4.33. The molecule has 4 aromatic rings. The Morgan fingerprint density at radius 3 is 2.40 bits per heavy atom. The molecule has 1 aliphatic rings. The van der Waals surface area contributed by atoms with E-state index < -0.39 is 0 Å². The van der Waals surface area contributed by atoms with Gasteiger partial charge in [-0.3, -0.25) is 0 Å². The number of amides is 2. The van der Waals surface area contributed by atoms with Gasteiger partial charge in [0.2, 0.25) is 0 Å². The van der Waals surface area contributed by atoms with Crippen molar-refractivity contribution in [2.75, 3.05) is 50.6 Å². The van der Waals surface area contributed by atoms with Crippen molar-refractivity contribution in [3.8, 4) is 22.8 Å². The van der Waals surface area contributed by atoms with Crippen LogP contribution in [0.2, 0.25) is 0 Å². The largest absolute Gasteiger partial charge is 0.497 e. The number of urea groups is 1. The third-order valence-electron chi connectivity index (χ3n) is 6.26. The lowest BCUT2D eigenvalue weighted by Crippen LogP contribution is -2.50. The van der Waals surface area contributed by atoms with E-state index in [4.69, 9.17) is 9.47 Å². The second kappa shape index (κ2) is 9.89. The minimum absolute atomic E-state index is 0.173. The van der Waals surface area contributed by atoms with Gasteiger partial charge in [-0.15, -0.1) is 10.2 Å². The van der Waals surface area contributed by atoms with Crippen molar-refractivity contribution in [1.82, 2.24) is 15.1 Å². The summed E-state index contributed by atoms with van der Waals surface area (Å²) in [6.45, 7) is 2.49. The molecule has 8 heteroatoms. The molecule has 8 nitrogen and oxygen atoms in total. The predicted molar refractivity (Wildman–Crippen MR) is 137 cm³/mol. The monoisotopic (exact) mass is 469 g/mol. The Kier molecular flexibility index (Phi) is 6.34. The number of nitrogens with zero attached hydrogens (tertiary/aromatic N) is 4. The van der Waals surface area contributed by atoms with Crippen LogP contribution in [-0.2, 0) is 0 Å². The molecule has 1 aliphatic heterocycles. The van der Waals surface area contributed by atoms with Gasteiger partial charge in [-0.1, -0.05) is 42.5 Å². The van der Waals surface area contributed by atoms with E-state index in [0.29, 0.717) is 43.4 Å². The number of methoxy groups -OCH3 is 2. The van der Waals surface area contributed by atoms with Crippen molar-refractivity contribution in [2.24, 2.45) is 0 Å². The Bertz CT molecular complexity index is 1330. The minimum Gasteiger partial charge on any atom is -0.497 e. The lowest BCUT2D eigenvalue weighted by Gasteiger charge is -2.35. The lowest BCUT2D eigenvalue weighted by molar-refractivity contribution is 0.208. The molecular formula is C27H27N5O3. The second-order valence-corrected chi connectivity index (χ2v) is 8.27. The van der Waals surface area contributed by atoms with E-state index in [1.54, 1.807) is 37.3 Å². The van der Waals surface area contributed by atoms with Gasteiger partial charge in [-0.05, 0) is 35.0 Å². The van der Waals surface area contributed by atoms with E-state index in [0.717, 1.165) is 22.5 Å². The molecule has 5 rings (SSSR count). The standard InChI is InChI=1S/C27H27N5O3/c1-34-20-10-12-25(35-2)24(18-20)28-27(33)32-16-14-31(15-17-32)26-13-11-23(29-30-26)22-9-5-7-19-6-3-4-8-21(19)22/h3-13,18H,14-17H2,1-2H3,(H,28,33). The molecule has 0 saturated carbocycles. The van der Waals surface area contributed by atoms with E-state index in [1.807, 2.05) is 30.3 Å². The summed E-state index contributed by atoms with van der Waals surface area (Å²) in [5.41, 5.74) is 2.49. The summed E-state index contributed by atoms with van der Waals surface area (Å²) in [5.74, 6) is 2.04. The van der Waals surface area contributed by atoms with Gasteiger partial charge in [0.15, 0.2) is 5.82 Å². The first-order valence-corrected chi connectivity index (χ1v) is 11.5. The average molecular weight is 470 g/mol. The number of nitrogens with one attached hydrogen (secondary N) is 1. The summed E-state index contributed by atoms with van der Waals surface area (Å²) < 4.78 is 10.6. The molecule has 0 unspecified atom stereocenters. The molecule has 3 aromatic carbocycles. The number of carbonyl (C=O) groups excluding carboxylic acids is 1. The molecule has 178 valence electrons. The third-order valence-corrected chi connectivity index (χ3v) is 6.26. The predicted octanol–water partition coefficient (Wildman–Crippen LogP) is 4.67. The van der Waals surface area contributed by atoms with E-state index in [-0.39, 0.29) is 6.03 Å². The molecule has 1 saturated heterocycles. The lowest BCUT2D eigenvalue weighted by atomic mass is 10.0. The van der Waals surface area contributed by atoms with Gasteiger partial charge in [-0.2, -0.15) is 0 Å². The number of benzene rings is 3. The van der Waals surface area contributed by atoms with Crippen molar-refractivity contribution < 1.29 is 14.3 Å². The maximum Gasteiger partial charge on any atom is 0.322 e. The van der Waals surface area contributed by atoms with Crippen LogP contribution in [0.3, 0.4) is 0 Å². The maximum atomic E-state index is 12.9. The van der Waals surface area contributed by atoms with Crippen LogP contribution in [0.5, 0.6) is 11.5 Å². The summed E-state index contributed by atoms with van der Waals surface area (Å²) in [4.78, 5) is 16.8. The maximum absolute atomic E-state index is 12.9. The number of aromatic nitrogens is 2. The van der Waals surface area contributed by atoms with Crippen LogP contribution in [-0.4, -0.2) is 61.5 Å². The average Bonchev–Trinajstić information content (AvgIpc) is 2.93. The van der Waals surface area contributed by atoms with Crippen molar-refractivity contribution in [3.63, 3.8) is 0 Å². The Morgan fingerprint density at radius 2 is 1.66 bits per heavy atom. The van der Waals surface area contributed by atoms with E-state index >= 15 is 0 Å². The first-order valence-electron chi connectivity index (χ1n) is 11.5. The smallest absolute Gasteiger partial charge is 0.322 e. The molecule has 0 aliphatic carbocycles. The Labute approximate surface area is 204 Å². The van der Waals surface area contributed by atoms with E-state index in [9.17, 15) is 4.79 Å². The van der Waals surface area contributed by atoms with Crippen LogP contribution >= 0.6 is 0 Å². The Hall–Kier alpha value is -4.33. The zero-order chi connectivity index (χ0) is 24.2. The molecule has 1 fully saturated rings. The summed E-state index contributed by atoms with van der Waals surface area (Å²) in [7, 11) is 3.16. The highest BCUT2D eigenvalue weighted by atomic mass is 16.5. The SMILES string of the molecule is COc1ccc(OC)c(NC(=O)N2CCN(c3ccc(-c4cccc5ccccc45)nn3)CC2)c1. The second-order valence-electron chi connectivity index (χ2n) is 8.27. The fourth-order valence-electron chi connectivity index (χ4n) is 4.33. The van der Waals surface area contributed by atoms with Gasteiger partial charge in [0.1, 0.15) is 11.5 Å². The number of ether oxygens (including phenoxy) is 2. The summed E-state index contributed by atoms with van der Waals surface area (Å²) >= 11 is 0. The van der Waals surface area contributed by atoms with Gasteiger partial charge in [0, 0.05) is 37.8 Å². The summed E-state index contributed by atoms with van der Waals surface area (Å²) in [6.07, 6.45) is 0. The van der Waals surface area contributed by atoms with Crippen molar-refractivity contribution in [2.45, 2.75) is 0 Å². The van der Waals surface area contributed by atoms with E-state index in [2.05, 4.69) is 44.7 Å². The number of anilines is 2. The Morgan fingerprint density at radius 1 is 0.857 bits per heavy atom. The van der Waals surface area contributed by atoms with Gasteiger partial charge < -0.3 is 24.6 Å². The number of piperazine rings is 1. The van der Waals surface area contributed by atoms with E-state index in [1.165, 1.54) is 5.39 Å². The summed E-state index contributed by atoms with van der Waals surface area (Å²) in [6, 6.07) is 23.6. The molecule has 0 radical (unpaired) electrons. The number of carbonyl (C=O) groups is 1.